The van der Waals surface area contributed by atoms with Gasteiger partial charge in [0.1, 0.15) is 12.4 Å². The van der Waals surface area contributed by atoms with Gasteiger partial charge >= 0.3 is 0 Å². The summed E-state index contributed by atoms with van der Waals surface area (Å²) in [6.07, 6.45) is 0. The summed E-state index contributed by atoms with van der Waals surface area (Å²) in [6, 6.07) is 14.1. The maximum atomic E-state index is 6.10. The molecule has 0 saturated heterocycles. The van der Waals surface area contributed by atoms with Crippen LogP contribution in [-0.4, -0.2) is 13.2 Å². The number of benzene rings is 2. The normalized spacial score (nSPS) is 10.6. The predicted octanol–water partition coefficient (Wildman–Crippen LogP) is 4.13. The minimum absolute atomic E-state index is 0.647. The van der Waals surface area contributed by atoms with E-state index in [0.29, 0.717) is 6.61 Å². The van der Waals surface area contributed by atoms with Crippen molar-refractivity contribution in [3.05, 3.63) is 64.2 Å². The van der Waals surface area contributed by atoms with E-state index < -0.39 is 0 Å². The molecule has 0 aliphatic heterocycles. The Balaban J connectivity index is 1.73. The SMILES string of the molecule is Cc1ccc(OCCNCc2ccccc2Cl)c(C)c1. The molecule has 0 aromatic heterocycles. The molecule has 0 amide bonds. The van der Waals surface area contributed by atoms with Crippen LogP contribution in [0.4, 0.5) is 0 Å². The number of halogens is 1. The summed E-state index contributed by atoms with van der Waals surface area (Å²) < 4.78 is 5.76. The number of ether oxygens (including phenoxy) is 1. The van der Waals surface area contributed by atoms with Gasteiger partial charge in [-0.15, -0.1) is 0 Å². The largest absolute Gasteiger partial charge is 0.492 e. The van der Waals surface area contributed by atoms with Gasteiger partial charge in [-0.2, -0.15) is 0 Å². The maximum absolute atomic E-state index is 6.10. The van der Waals surface area contributed by atoms with Crippen molar-refractivity contribution in [3.8, 4) is 5.75 Å². The van der Waals surface area contributed by atoms with Gasteiger partial charge in [-0.3, -0.25) is 0 Å². The Labute approximate surface area is 125 Å². The van der Waals surface area contributed by atoms with E-state index in [4.69, 9.17) is 16.3 Å². The molecule has 0 bridgehead atoms. The van der Waals surface area contributed by atoms with Crippen molar-refractivity contribution in [2.24, 2.45) is 0 Å². The molecule has 1 N–H and O–H groups in total. The first-order valence-electron chi connectivity index (χ1n) is 6.81. The van der Waals surface area contributed by atoms with Gasteiger partial charge in [0, 0.05) is 18.1 Å². The number of aryl methyl sites for hydroxylation is 2. The second kappa shape index (κ2) is 7.32. The van der Waals surface area contributed by atoms with Crippen LogP contribution in [0.5, 0.6) is 5.75 Å². The van der Waals surface area contributed by atoms with E-state index in [1.165, 1.54) is 11.1 Å². The highest BCUT2D eigenvalue weighted by molar-refractivity contribution is 6.31. The van der Waals surface area contributed by atoms with Gasteiger partial charge in [-0.25, -0.2) is 0 Å². The first kappa shape index (κ1) is 14.9. The molecule has 2 aromatic carbocycles. The lowest BCUT2D eigenvalue weighted by Crippen LogP contribution is -2.20. The standard InChI is InChI=1S/C17H20ClNO/c1-13-7-8-17(14(2)11-13)20-10-9-19-12-15-5-3-4-6-16(15)18/h3-8,11,19H,9-10,12H2,1-2H3. The van der Waals surface area contributed by atoms with E-state index in [1.54, 1.807) is 0 Å². The summed E-state index contributed by atoms with van der Waals surface area (Å²) in [5.74, 6) is 0.954. The van der Waals surface area contributed by atoms with Crippen molar-refractivity contribution < 1.29 is 4.74 Å². The zero-order valence-corrected chi connectivity index (χ0v) is 12.7. The van der Waals surface area contributed by atoms with Crippen LogP contribution in [0.25, 0.3) is 0 Å². The Morgan fingerprint density at radius 3 is 2.65 bits per heavy atom. The highest BCUT2D eigenvalue weighted by atomic mass is 35.5. The Hall–Kier alpha value is -1.51. The lowest BCUT2D eigenvalue weighted by atomic mass is 10.1. The van der Waals surface area contributed by atoms with Crippen LogP contribution in [0.1, 0.15) is 16.7 Å². The molecular formula is C17H20ClNO. The Morgan fingerprint density at radius 2 is 1.90 bits per heavy atom. The van der Waals surface area contributed by atoms with Gasteiger partial charge in [0.2, 0.25) is 0 Å². The molecule has 0 heterocycles. The Kier molecular flexibility index (Phi) is 5.45. The predicted molar refractivity (Wildman–Crippen MR) is 84.6 cm³/mol. The summed E-state index contributed by atoms with van der Waals surface area (Å²) in [4.78, 5) is 0. The highest BCUT2D eigenvalue weighted by Crippen LogP contribution is 2.18. The fraction of sp³-hybridized carbons (Fsp3) is 0.294. The number of rotatable bonds is 6. The molecule has 3 heteroatoms. The van der Waals surface area contributed by atoms with Crippen molar-refractivity contribution in [2.45, 2.75) is 20.4 Å². The second-order valence-electron chi connectivity index (χ2n) is 4.89. The monoisotopic (exact) mass is 289 g/mol. The molecule has 106 valence electrons. The quantitative estimate of drug-likeness (QED) is 0.808. The minimum atomic E-state index is 0.647. The lowest BCUT2D eigenvalue weighted by Gasteiger charge is -2.11. The Morgan fingerprint density at radius 1 is 1.10 bits per heavy atom. The van der Waals surface area contributed by atoms with Crippen molar-refractivity contribution in [3.63, 3.8) is 0 Å². The van der Waals surface area contributed by atoms with Gasteiger partial charge in [0.15, 0.2) is 0 Å². The minimum Gasteiger partial charge on any atom is -0.492 e. The van der Waals surface area contributed by atoms with E-state index in [9.17, 15) is 0 Å². The fourth-order valence-electron chi connectivity index (χ4n) is 2.06. The topological polar surface area (TPSA) is 21.3 Å². The summed E-state index contributed by atoms with van der Waals surface area (Å²) in [5, 5.41) is 4.14. The second-order valence-corrected chi connectivity index (χ2v) is 5.29. The van der Waals surface area contributed by atoms with Crippen molar-refractivity contribution in [1.29, 1.82) is 0 Å². The average molecular weight is 290 g/mol. The van der Waals surface area contributed by atoms with Gasteiger partial charge in [0.25, 0.3) is 0 Å². The first-order valence-corrected chi connectivity index (χ1v) is 7.19. The van der Waals surface area contributed by atoms with Gasteiger partial charge in [-0.1, -0.05) is 47.5 Å². The molecule has 2 nitrogen and oxygen atoms in total. The molecule has 20 heavy (non-hydrogen) atoms. The van der Waals surface area contributed by atoms with Crippen LogP contribution in [0.15, 0.2) is 42.5 Å². The van der Waals surface area contributed by atoms with Crippen molar-refractivity contribution in [2.75, 3.05) is 13.2 Å². The molecule has 0 aliphatic carbocycles. The molecule has 0 atom stereocenters. The summed E-state index contributed by atoms with van der Waals surface area (Å²) in [5.41, 5.74) is 3.54. The molecule has 0 aliphatic rings. The van der Waals surface area contributed by atoms with Crippen LogP contribution in [0, 0.1) is 13.8 Å². The average Bonchev–Trinajstić information content (AvgIpc) is 2.42. The molecule has 0 fully saturated rings. The summed E-state index contributed by atoms with van der Waals surface area (Å²) >= 11 is 6.10. The van der Waals surface area contributed by atoms with Crippen molar-refractivity contribution >= 4 is 11.6 Å². The van der Waals surface area contributed by atoms with Crippen LogP contribution < -0.4 is 10.1 Å². The summed E-state index contributed by atoms with van der Waals surface area (Å²) in [6.45, 7) is 6.35. The van der Waals surface area contributed by atoms with E-state index in [2.05, 4.69) is 31.3 Å². The van der Waals surface area contributed by atoms with Gasteiger partial charge in [-0.05, 0) is 37.1 Å². The number of hydrogen-bond donors (Lipinski definition) is 1. The van der Waals surface area contributed by atoms with Crippen LogP contribution in [-0.2, 0) is 6.54 Å². The first-order chi connectivity index (χ1) is 9.66. The van der Waals surface area contributed by atoms with Crippen molar-refractivity contribution in [1.82, 2.24) is 5.32 Å². The van der Waals surface area contributed by atoms with E-state index in [0.717, 1.165) is 29.4 Å². The number of nitrogens with one attached hydrogen (secondary N) is 1. The smallest absolute Gasteiger partial charge is 0.122 e. The molecule has 0 radical (unpaired) electrons. The van der Waals surface area contributed by atoms with Gasteiger partial charge in [0.05, 0.1) is 0 Å². The molecule has 0 spiro atoms. The lowest BCUT2D eigenvalue weighted by molar-refractivity contribution is 0.311. The van der Waals surface area contributed by atoms with E-state index in [-0.39, 0.29) is 0 Å². The maximum Gasteiger partial charge on any atom is 0.122 e. The van der Waals surface area contributed by atoms with E-state index in [1.807, 2.05) is 30.3 Å². The molecule has 2 rings (SSSR count). The van der Waals surface area contributed by atoms with Crippen LogP contribution in [0.3, 0.4) is 0 Å². The zero-order valence-electron chi connectivity index (χ0n) is 11.9. The summed E-state index contributed by atoms with van der Waals surface area (Å²) in [7, 11) is 0. The zero-order chi connectivity index (χ0) is 14.4. The third kappa shape index (κ3) is 4.26. The third-order valence-corrected chi connectivity index (χ3v) is 3.51. The number of hydrogen-bond acceptors (Lipinski definition) is 2. The van der Waals surface area contributed by atoms with Crippen LogP contribution >= 0.6 is 11.6 Å². The van der Waals surface area contributed by atoms with E-state index >= 15 is 0 Å². The Bertz CT molecular complexity index is 569. The fourth-order valence-corrected chi connectivity index (χ4v) is 2.26. The van der Waals surface area contributed by atoms with Gasteiger partial charge < -0.3 is 10.1 Å². The molecule has 0 saturated carbocycles. The third-order valence-electron chi connectivity index (χ3n) is 3.14. The molecule has 2 aromatic rings. The molecular weight excluding hydrogens is 270 g/mol. The molecule has 0 unspecified atom stereocenters. The van der Waals surface area contributed by atoms with Crippen LogP contribution in [0.2, 0.25) is 5.02 Å². The highest BCUT2D eigenvalue weighted by Gasteiger charge is 2.00.